The number of carbonyl (C=O) groups excluding carboxylic acids is 2. The highest BCUT2D eigenvalue weighted by atomic mass is 16.2. The summed E-state index contributed by atoms with van der Waals surface area (Å²) in [5.74, 6) is -0.446. The first-order valence-electron chi connectivity index (χ1n) is 9.07. The molecule has 0 saturated carbocycles. The highest BCUT2D eigenvalue weighted by Crippen LogP contribution is 2.21. The van der Waals surface area contributed by atoms with Crippen molar-refractivity contribution in [3.8, 4) is 0 Å². The van der Waals surface area contributed by atoms with Gasteiger partial charge in [-0.2, -0.15) is 0 Å². The molecule has 6 heteroatoms. The van der Waals surface area contributed by atoms with Gasteiger partial charge in [-0.05, 0) is 50.5 Å². The second-order valence-electron chi connectivity index (χ2n) is 6.74. The first-order valence-corrected chi connectivity index (χ1v) is 9.07. The number of nitrogens with one attached hydrogen (secondary N) is 2. The van der Waals surface area contributed by atoms with Crippen molar-refractivity contribution in [1.82, 2.24) is 14.7 Å². The lowest BCUT2D eigenvalue weighted by Crippen LogP contribution is -2.32. The Hall–Kier alpha value is -3.15. The topological polar surface area (TPSA) is 75.5 Å². The molecular weight excluding hydrogens is 340 g/mol. The van der Waals surface area contributed by atoms with E-state index in [0.717, 1.165) is 23.2 Å². The first-order chi connectivity index (χ1) is 12.9. The average molecular weight is 364 g/mol. The zero-order valence-electron chi connectivity index (χ0n) is 16.0. The Morgan fingerprint density at radius 3 is 2.44 bits per heavy atom. The summed E-state index contributed by atoms with van der Waals surface area (Å²) < 4.78 is 1.65. The third-order valence-corrected chi connectivity index (χ3v) is 4.68. The molecule has 0 aliphatic carbocycles. The van der Waals surface area contributed by atoms with E-state index in [0.29, 0.717) is 5.52 Å². The van der Waals surface area contributed by atoms with Gasteiger partial charge < -0.3 is 10.6 Å². The number of benzene rings is 1. The zero-order chi connectivity index (χ0) is 19.6. The minimum atomic E-state index is -0.351. The fourth-order valence-electron chi connectivity index (χ4n) is 2.94. The van der Waals surface area contributed by atoms with Gasteiger partial charge in [-0.15, -0.1) is 0 Å². The van der Waals surface area contributed by atoms with Gasteiger partial charge in [0.2, 0.25) is 5.82 Å². The minimum absolute atomic E-state index is 0.0323. The molecule has 0 spiro atoms. The van der Waals surface area contributed by atoms with Crippen molar-refractivity contribution in [1.29, 1.82) is 0 Å². The van der Waals surface area contributed by atoms with Crippen LogP contribution in [0.1, 0.15) is 52.5 Å². The lowest BCUT2D eigenvalue weighted by Gasteiger charge is -2.10. The van der Waals surface area contributed by atoms with Crippen LogP contribution in [0.15, 0.2) is 42.6 Å². The molecule has 6 nitrogen and oxygen atoms in total. The van der Waals surface area contributed by atoms with Crippen LogP contribution in [0.3, 0.4) is 0 Å². The molecule has 0 saturated heterocycles. The summed E-state index contributed by atoms with van der Waals surface area (Å²) in [4.78, 5) is 29.9. The van der Waals surface area contributed by atoms with Crippen molar-refractivity contribution >= 4 is 23.0 Å². The number of carbonyl (C=O) groups is 2. The second-order valence-corrected chi connectivity index (χ2v) is 6.74. The average Bonchev–Trinajstić information content (AvgIpc) is 3.04. The smallest absolute Gasteiger partial charge is 0.292 e. The molecule has 0 fully saturated rings. The van der Waals surface area contributed by atoms with E-state index in [1.54, 1.807) is 22.7 Å². The van der Waals surface area contributed by atoms with Gasteiger partial charge in [0.1, 0.15) is 0 Å². The maximum atomic E-state index is 12.9. The van der Waals surface area contributed by atoms with Crippen molar-refractivity contribution in [2.75, 3.05) is 5.32 Å². The van der Waals surface area contributed by atoms with Crippen molar-refractivity contribution in [2.24, 2.45) is 0 Å². The number of para-hydroxylation sites is 1. The van der Waals surface area contributed by atoms with Gasteiger partial charge in [0.25, 0.3) is 11.8 Å². The fourth-order valence-corrected chi connectivity index (χ4v) is 2.94. The molecule has 0 aliphatic rings. The summed E-state index contributed by atoms with van der Waals surface area (Å²) in [6.07, 6.45) is 2.55. The second kappa shape index (κ2) is 7.61. The monoisotopic (exact) mass is 364 g/mol. The number of fused-ring (bicyclic) bond motifs is 1. The standard InChI is InChI=1S/C21H24N4O2/c1-5-15(4)22-20(26)18-16-11-6-7-12-25(16)19(23-18)21(27)24-17-13(2)9-8-10-14(17)3/h6-12,15H,5H2,1-4H3,(H,22,26)(H,24,27). The number of amides is 2. The Kier molecular flexibility index (Phi) is 5.26. The Morgan fingerprint density at radius 2 is 1.78 bits per heavy atom. The molecule has 1 atom stereocenters. The first kappa shape index (κ1) is 18.6. The summed E-state index contributed by atoms with van der Waals surface area (Å²) in [5, 5.41) is 5.85. The van der Waals surface area contributed by atoms with Crippen LogP contribution in [-0.2, 0) is 0 Å². The molecule has 27 heavy (non-hydrogen) atoms. The van der Waals surface area contributed by atoms with E-state index < -0.39 is 0 Å². The van der Waals surface area contributed by atoms with Crippen molar-refractivity contribution in [3.63, 3.8) is 0 Å². The molecule has 0 bridgehead atoms. The molecule has 2 N–H and O–H groups in total. The highest BCUT2D eigenvalue weighted by Gasteiger charge is 2.22. The number of aromatic nitrogens is 2. The third-order valence-electron chi connectivity index (χ3n) is 4.68. The van der Waals surface area contributed by atoms with E-state index in [4.69, 9.17) is 0 Å². The highest BCUT2D eigenvalue weighted by molar-refractivity contribution is 6.06. The predicted molar refractivity (Wildman–Crippen MR) is 106 cm³/mol. The van der Waals surface area contributed by atoms with Crippen LogP contribution in [0.5, 0.6) is 0 Å². The Bertz CT molecular complexity index is 986. The van der Waals surface area contributed by atoms with Crippen LogP contribution in [0, 0.1) is 13.8 Å². The maximum Gasteiger partial charge on any atom is 0.292 e. The van der Waals surface area contributed by atoms with Gasteiger partial charge in [0.05, 0.1) is 5.52 Å². The minimum Gasteiger partial charge on any atom is -0.348 e. The summed E-state index contributed by atoms with van der Waals surface area (Å²) in [7, 11) is 0. The Balaban J connectivity index is 2.00. The van der Waals surface area contributed by atoms with E-state index in [-0.39, 0.29) is 29.4 Å². The van der Waals surface area contributed by atoms with Crippen LogP contribution in [0.2, 0.25) is 0 Å². The van der Waals surface area contributed by atoms with Gasteiger partial charge in [0, 0.05) is 17.9 Å². The third kappa shape index (κ3) is 3.69. The molecule has 140 valence electrons. The molecule has 1 unspecified atom stereocenters. The van der Waals surface area contributed by atoms with Crippen molar-refractivity contribution in [3.05, 3.63) is 65.2 Å². The van der Waals surface area contributed by atoms with Crippen LogP contribution >= 0.6 is 0 Å². The maximum absolute atomic E-state index is 12.9. The van der Waals surface area contributed by atoms with Crippen LogP contribution in [0.25, 0.3) is 5.52 Å². The molecule has 0 radical (unpaired) electrons. The van der Waals surface area contributed by atoms with Crippen molar-refractivity contribution in [2.45, 2.75) is 40.2 Å². The summed E-state index contributed by atoms with van der Waals surface area (Å²) >= 11 is 0. The number of imidazole rings is 1. The van der Waals surface area contributed by atoms with Gasteiger partial charge >= 0.3 is 0 Å². The number of nitrogens with zero attached hydrogens (tertiary/aromatic N) is 2. The molecule has 0 aliphatic heterocycles. The number of aryl methyl sites for hydroxylation is 2. The summed E-state index contributed by atoms with van der Waals surface area (Å²) in [5.41, 5.74) is 3.56. The number of hydrogen-bond donors (Lipinski definition) is 2. The molecule has 3 rings (SSSR count). The Morgan fingerprint density at radius 1 is 1.07 bits per heavy atom. The van der Waals surface area contributed by atoms with E-state index in [1.807, 2.05) is 52.0 Å². The molecular formula is C21H24N4O2. The predicted octanol–water partition coefficient (Wildman–Crippen LogP) is 3.73. The van der Waals surface area contributed by atoms with Crippen molar-refractivity contribution < 1.29 is 9.59 Å². The molecule has 2 amide bonds. The van der Waals surface area contributed by atoms with Gasteiger partial charge in [0.15, 0.2) is 5.69 Å². The van der Waals surface area contributed by atoms with Gasteiger partial charge in [-0.3, -0.25) is 14.0 Å². The van der Waals surface area contributed by atoms with Crippen LogP contribution in [-0.4, -0.2) is 27.2 Å². The van der Waals surface area contributed by atoms with Gasteiger partial charge in [-0.1, -0.05) is 31.2 Å². The number of pyridine rings is 1. The van der Waals surface area contributed by atoms with E-state index in [2.05, 4.69) is 15.6 Å². The van der Waals surface area contributed by atoms with E-state index in [9.17, 15) is 9.59 Å². The molecule has 1 aromatic carbocycles. The largest absolute Gasteiger partial charge is 0.348 e. The SMILES string of the molecule is CCC(C)NC(=O)c1nc(C(=O)Nc2c(C)cccc2C)n2ccccc12. The zero-order valence-corrected chi connectivity index (χ0v) is 16.0. The number of anilines is 1. The summed E-state index contributed by atoms with van der Waals surface area (Å²) in [6, 6.07) is 11.3. The van der Waals surface area contributed by atoms with Gasteiger partial charge in [-0.25, -0.2) is 4.98 Å². The quantitative estimate of drug-likeness (QED) is 0.724. The van der Waals surface area contributed by atoms with Crippen LogP contribution in [0.4, 0.5) is 5.69 Å². The molecule has 2 aromatic heterocycles. The fraction of sp³-hybridized carbons (Fsp3) is 0.286. The lowest BCUT2D eigenvalue weighted by molar-refractivity contribution is 0.0936. The number of hydrogen-bond acceptors (Lipinski definition) is 3. The molecule has 2 heterocycles. The summed E-state index contributed by atoms with van der Waals surface area (Å²) in [6.45, 7) is 7.82. The van der Waals surface area contributed by atoms with E-state index >= 15 is 0 Å². The van der Waals surface area contributed by atoms with Crippen LogP contribution < -0.4 is 10.6 Å². The molecule has 3 aromatic rings. The van der Waals surface area contributed by atoms with E-state index in [1.165, 1.54) is 0 Å². The normalized spacial score (nSPS) is 12.0. The lowest BCUT2D eigenvalue weighted by atomic mass is 10.1. The number of rotatable bonds is 5. The Labute approximate surface area is 158 Å².